The average molecular weight is 254 g/mol. The quantitative estimate of drug-likeness (QED) is 0.833. The van der Waals surface area contributed by atoms with E-state index in [9.17, 15) is 14.7 Å². The molecule has 0 saturated carbocycles. The SMILES string of the molecule is CCC(CC)(NC(=O)c1c(C)noc1C)C(=O)O. The van der Waals surface area contributed by atoms with Crippen LogP contribution in [0.4, 0.5) is 0 Å². The van der Waals surface area contributed by atoms with E-state index in [-0.39, 0.29) is 0 Å². The lowest BCUT2D eigenvalue weighted by Gasteiger charge is -2.27. The number of nitrogens with one attached hydrogen (secondary N) is 1. The van der Waals surface area contributed by atoms with Crippen molar-refractivity contribution in [3.63, 3.8) is 0 Å². The number of hydrogen-bond acceptors (Lipinski definition) is 4. The molecule has 2 N–H and O–H groups in total. The summed E-state index contributed by atoms with van der Waals surface area (Å²) >= 11 is 0. The van der Waals surface area contributed by atoms with Crippen molar-refractivity contribution in [2.75, 3.05) is 0 Å². The van der Waals surface area contributed by atoms with Crippen LogP contribution in [0, 0.1) is 13.8 Å². The Morgan fingerprint density at radius 3 is 2.22 bits per heavy atom. The summed E-state index contributed by atoms with van der Waals surface area (Å²) in [7, 11) is 0. The van der Waals surface area contributed by atoms with E-state index < -0.39 is 17.4 Å². The molecule has 100 valence electrons. The van der Waals surface area contributed by atoms with E-state index in [1.54, 1.807) is 27.7 Å². The number of rotatable bonds is 5. The van der Waals surface area contributed by atoms with Crippen LogP contribution in [0.2, 0.25) is 0 Å². The highest BCUT2D eigenvalue weighted by Crippen LogP contribution is 2.19. The largest absolute Gasteiger partial charge is 0.480 e. The first-order chi connectivity index (χ1) is 8.38. The Hall–Kier alpha value is -1.85. The minimum atomic E-state index is -1.24. The summed E-state index contributed by atoms with van der Waals surface area (Å²) in [5.41, 5.74) is -0.480. The molecule has 1 heterocycles. The number of carboxylic acid groups (broad SMARTS) is 1. The molecule has 6 nitrogen and oxygen atoms in total. The van der Waals surface area contributed by atoms with Gasteiger partial charge in [-0.3, -0.25) is 4.79 Å². The predicted octanol–water partition coefficient (Wildman–Crippen LogP) is 1.66. The van der Waals surface area contributed by atoms with E-state index in [1.165, 1.54) is 0 Å². The fourth-order valence-corrected chi connectivity index (χ4v) is 1.87. The highest BCUT2D eigenvalue weighted by molar-refractivity contribution is 5.99. The number of hydrogen-bond donors (Lipinski definition) is 2. The lowest BCUT2D eigenvalue weighted by atomic mass is 9.92. The van der Waals surface area contributed by atoms with Gasteiger partial charge in [0.25, 0.3) is 5.91 Å². The summed E-state index contributed by atoms with van der Waals surface area (Å²) in [6.07, 6.45) is 0.627. The lowest BCUT2D eigenvalue weighted by molar-refractivity contribution is -0.144. The van der Waals surface area contributed by atoms with Gasteiger partial charge >= 0.3 is 5.97 Å². The highest BCUT2D eigenvalue weighted by atomic mass is 16.5. The highest BCUT2D eigenvalue weighted by Gasteiger charge is 2.37. The van der Waals surface area contributed by atoms with Crippen molar-refractivity contribution in [1.82, 2.24) is 10.5 Å². The number of carbonyl (C=O) groups is 2. The van der Waals surface area contributed by atoms with Crippen LogP contribution in [0.1, 0.15) is 48.5 Å². The van der Waals surface area contributed by atoms with E-state index in [0.717, 1.165) is 0 Å². The molecule has 1 rings (SSSR count). The van der Waals surface area contributed by atoms with Crippen LogP contribution < -0.4 is 5.32 Å². The zero-order valence-electron chi connectivity index (χ0n) is 11.0. The van der Waals surface area contributed by atoms with Gasteiger partial charge in [-0.05, 0) is 26.7 Å². The van der Waals surface area contributed by atoms with Crippen LogP contribution in [0.5, 0.6) is 0 Å². The maximum atomic E-state index is 12.1. The third kappa shape index (κ3) is 2.37. The maximum Gasteiger partial charge on any atom is 0.329 e. The summed E-state index contributed by atoms with van der Waals surface area (Å²) < 4.78 is 4.90. The van der Waals surface area contributed by atoms with Crippen LogP contribution in [0.25, 0.3) is 0 Å². The van der Waals surface area contributed by atoms with Crippen molar-refractivity contribution in [3.05, 3.63) is 17.0 Å². The molecule has 0 unspecified atom stereocenters. The summed E-state index contributed by atoms with van der Waals surface area (Å²) in [4.78, 5) is 23.4. The summed E-state index contributed by atoms with van der Waals surface area (Å²) in [5, 5.41) is 15.5. The third-order valence-electron chi connectivity index (χ3n) is 3.23. The number of amides is 1. The van der Waals surface area contributed by atoms with Crippen molar-refractivity contribution < 1.29 is 19.2 Å². The molecule has 0 bridgehead atoms. The maximum absolute atomic E-state index is 12.1. The van der Waals surface area contributed by atoms with Gasteiger partial charge in [-0.2, -0.15) is 0 Å². The monoisotopic (exact) mass is 254 g/mol. The molecule has 0 spiro atoms. The van der Waals surface area contributed by atoms with E-state index in [1.807, 2.05) is 0 Å². The van der Waals surface area contributed by atoms with E-state index in [0.29, 0.717) is 29.9 Å². The minimum Gasteiger partial charge on any atom is -0.480 e. The first-order valence-corrected chi connectivity index (χ1v) is 5.86. The smallest absolute Gasteiger partial charge is 0.329 e. The Kier molecular flexibility index (Phi) is 4.11. The molecule has 0 aliphatic carbocycles. The predicted molar refractivity (Wildman–Crippen MR) is 64.4 cm³/mol. The number of aliphatic carboxylic acids is 1. The normalized spacial score (nSPS) is 11.3. The molecule has 18 heavy (non-hydrogen) atoms. The topological polar surface area (TPSA) is 92.4 Å². The molecular weight excluding hydrogens is 236 g/mol. The summed E-state index contributed by atoms with van der Waals surface area (Å²) in [6, 6.07) is 0. The first kappa shape index (κ1) is 14.2. The molecule has 1 aromatic rings. The van der Waals surface area contributed by atoms with Gasteiger partial charge in [-0.25, -0.2) is 4.79 Å². The van der Waals surface area contributed by atoms with Crippen LogP contribution in [0.15, 0.2) is 4.52 Å². The van der Waals surface area contributed by atoms with Crippen molar-refractivity contribution in [3.8, 4) is 0 Å². The lowest BCUT2D eigenvalue weighted by Crippen LogP contribution is -2.53. The fraction of sp³-hybridized carbons (Fsp3) is 0.583. The standard InChI is InChI=1S/C12H18N2O4/c1-5-12(6-2,11(16)17)13-10(15)9-7(3)14-18-8(9)4/h5-6H2,1-4H3,(H,13,15)(H,16,17). The Morgan fingerprint density at radius 1 is 1.33 bits per heavy atom. The summed E-state index contributed by atoms with van der Waals surface area (Å²) in [5.74, 6) is -1.11. The molecule has 0 atom stereocenters. The Labute approximate surface area is 105 Å². The van der Waals surface area contributed by atoms with Gasteiger partial charge in [-0.15, -0.1) is 0 Å². The second kappa shape index (κ2) is 5.20. The van der Waals surface area contributed by atoms with Crippen LogP contribution in [-0.4, -0.2) is 27.7 Å². The van der Waals surface area contributed by atoms with E-state index in [4.69, 9.17) is 4.52 Å². The average Bonchev–Trinajstić information content (AvgIpc) is 2.65. The second-order valence-corrected chi connectivity index (χ2v) is 4.25. The van der Waals surface area contributed by atoms with Gasteiger partial charge in [0.05, 0.1) is 5.69 Å². The molecule has 6 heteroatoms. The van der Waals surface area contributed by atoms with Crippen molar-refractivity contribution in [2.45, 2.75) is 46.1 Å². The van der Waals surface area contributed by atoms with Gasteiger partial charge in [0, 0.05) is 0 Å². The molecule has 0 aromatic carbocycles. The van der Waals surface area contributed by atoms with Gasteiger partial charge in [-0.1, -0.05) is 19.0 Å². The van der Waals surface area contributed by atoms with Gasteiger partial charge in [0.2, 0.25) is 0 Å². The molecule has 1 amide bonds. The second-order valence-electron chi connectivity index (χ2n) is 4.25. The van der Waals surface area contributed by atoms with Crippen LogP contribution in [0.3, 0.4) is 0 Å². The van der Waals surface area contributed by atoms with Crippen molar-refractivity contribution >= 4 is 11.9 Å². The van der Waals surface area contributed by atoms with Crippen LogP contribution >= 0.6 is 0 Å². The molecule has 0 radical (unpaired) electrons. The zero-order valence-corrected chi connectivity index (χ0v) is 11.0. The Balaban J connectivity index is 3.03. The minimum absolute atomic E-state index is 0.308. The van der Waals surface area contributed by atoms with E-state index in [2.05, 4.69) is 10.5 Å². The van der Waals surface area contributed by atoms with Gasteiger partial charge in [0.15, 0.2) is 0 Å². The van der Waals surface area contributed by atoms with Gasteiger partial charge < -0.3 is 14.9 Å². The molecule has 0 aliphatic rings. The Bertz CT molecular complexity index is 441. The zero-order chi connectivity index (χ0) is 13.9. The first-order valence-electron chi connectivity index (χ1n) is 5.86. The molecular formula is C12H18N2O4. The Morgan fingerprint density at radius 2 is 1.89 bits per heavy atom. The molecule has 0 saturated heterocycles. The van der Waals surface area contributed by atoms with Gasteiger partial charge in [0.1, 0.15) is 16.9 Å². The van der Waals surface area contributed by atoms with Crippen LogP contribution in [-0.2, 0) is 4.79 Å². The number of nitrogens with zero attached hydrogens (tertiary/aromatic N) is 1. The number of aryl methyl sites for hydroxylation is 2. The fourth-order valence-electron chi connectivity index (χ4n) is 1.87. The molecule has 0 aliphatic heterocycles. The number of carbonyl (C=O) groups excluding carboxylic acids is 1. The van der Waals surface area contributed by atoms with Crippen molar-refractivity contribution in [2.24, 2.45) is 0 Å². The number of carboxylic acids is 1. The summed E-state index contributed by atoms with van der Waals surface area (Å²) in [6.45, 7) is 6.72. The van der Waals surface area contributed by atoms with E-state index >= 15 is 0 Å². The molecule has 1 aromatic heterocycles. The molecule has 0 fully saturated rings. The number of aromatic nitrogens is 1. The third-order valence-corrected chi connectivity index (χ3v) is 3.23. The van der Waals surface area contributed by atoms with Crippen molar-refractivity contribution in [1.29, 1.82) is 0 Å².